The van der Waals surface area contributed by atoms with Gasteiger partial charge in [-0.25, -0.2) is 0 Å². The van der Waals surface area contributed by atoms with Gasteiger partial charge in [-0.3, -0.25) is 4.79 Å². The van der Waals surface area contributed by atoms with Crippen LogP contribution in [0, 0.1) is 51.2 Å². The molecule has 6 heteroatoms. The zero-order valence-corrected chi connectivity index (χ0v) is 27.9. The monoisotopic (exact) mass is 577 g/mol. The molecule has 0 aromatic carbocycles. The Labute approximate surface area is 250 Å². The minimum atomic E-state index is -0.861. The van der Waals surface area contributed by atoms with Crippen LogP contribution in [0.5, 0.6) is 0 Å². The number of aliphatic hydroxyl groups is 3. The molecule has 4 aliphatic rings. The third-order valence-corrected chi connectivity index (χ3v) is 13.8. The van der Waals surface area contributed by atoms with Gasteiger partial charge >= 0.3 is 5.97 Å². The lowest BCUT2D eigenvalue weighted by atomic mass is 9.35. The number of carbonyl (C=O) groups is 1. The summed E-state index contributed by atoms with van der Waals surface area (Å²) < 4.78 is 6.14. The van der Waals surface area contributed by atoms with E-state index in [1.54, 1.807) is 0 Å². The molecule has 0 amide bonds. The van der Waals surface area contributed by atoms with E-state index in [0.717, 1.165) is 51.4 Å². The fourth-order valence-corrected chi connectivity index (χ4v) is 11.2. The minimum absolute atomic E-state index is 0.0435. The highest BCUT2D eigenvalue weighted by atomic mass is 16.5. The van der Waals surface area contributed by atoms with Crippen LogP contribution in [0.2, 0.25) is 0 Å². The van der Waals surface area contributed by atoms with Gasteiger partial charge in [0.25, 0.3) is 0 Å². The number of rotatable bonds is 8. The molecule has 4 aliphatic carbocycles. The molecule has 0 aliphatic heterocycles. The fraction of sp³-hybridized carbons (Fsp3) is 0.971. The van der Waals surface area contributed by atoms with Crippen LogP contribution in [0.4, 0.5) is 0 Å². The van der Waals surface area contributed by atoms with E-state index in [0.29, 0.717) is 24.7 Å². The second-order valence-corrected chi connectivity index (χ2v) is 17.5. The highest BCUT2D eigenvalue weighted by Crippen LogP contribution is 2.76. The first-order valence-electron chi connectivity index (χ1n) is 16.7. The molecule has 6 nitrogen and oxygen atoms in total. The van der Waals surface area contributed by atoms with Crippen LogP contribution in [0.15, 0.2) is 0 Å². The summed E-state index contributed by atoms with van der Waals surface area (Å²) in [7, 11) is 0. The Morgan fingerprint density at radius 3 is 2.12 bits per heavy atom. The average Bonchev–Trinajstić information content (AvgIpc) is 3.21. The van der Waals surface area contributed by atoms with Gasteiger partial charge in [0.05, 0.1) is 17.3 Å². The van der Waals surface area contributed by atoms with E-state index in [4.69, 9.17) is 10.5 Å². The molecule has 0 aromatic rings. The summed E-state index contributed by atoms with van der Waals surface area (Å²) in [5.41, 5.74) is 4.46. The summed E-state index contributed by atoms with van der Waals surface area (Å²) in [6.07, 6.45) is 8.26. The number of ether oxygens (including phenoxy) is 1. The van der Waals surface area contributed by atoms with Crippen molar-refractivity contribution in [2.24, 2.45) is 57.0 Å². The van der Waals surface area contributed by atoms with Gasteiger partial charge in [0, 0.05) is 5.41 Å². The van der Waals surface area contributed by atoms with Crippen LogP contribution in [-0.2, 0) is 9.53 Å². The zero-order valence-electron chi connectivity index (χ0n) is 27.9. The van der Waals surface area contributed by atoms with E-state index < -0.39 is 23.3 Å². The summed E-state index contributed by atoms with van der Waals surface area (Å²) in [5, 5.41) is 34.0. The number of hydrogen-bond acceptors (Lipinski definition) is 6. The summed E-state index contributed by atoms with van der Waals surface area (Å²) in [6, 6.07) is -0.596. The van der Waals surface area contributed by atoms with Crippen LogP contribution in [0.3, 0.4) is 0 Å². The molecule has 4 unspecified atom stereocenters. The second-order valence-electron chi connectivity index (χ2n) is 17.5. The molecule has 0 saturated heterocycles. The maximum absolute atomic E-state index is 12.9. The Hall–Kier alpha value is -0.690. The zero-order chi connectivity index (χ0) is 31.0. The number of esters is 1. The Bertz CT molecular complexity index is 970. The Balaban J connectivity index is 1.58. The van der Waals surface area contributed by atoms with Gasteiger partial charge in [-0.2, -0.15) is 0 Å². The van der Waals surface area contributed by atoms with Gasteiger partial charge in [0.15, 0.2) is 0 Å². The van der Waals surface area contributed by atoms with Gasteiger partial charge in [0.2, 0.25) is 0 Å². The van der Waals surface area contributed by atoms with E-state index >= 15 is 0 Å². The number of carbonyl (C=O) groups excluding carboxylic acids is 1. The highest BCUT2D eigenvalue weighted by Gasteiger charge is 2.71. The molecule has 0 spiro atoms. The molecule has 0 aromatic heterocycles. The van der Waals surface area contributed by atoms with Crippen molar-refractivity contribution in [1.82, 2.24) is 0 Å². The third kappa shape index (κ3) is 5.44. The lowest BCUT2D eigenvalue weighted by Gasteiger charge is -2.70. The van der Waals surface area contributed by atoms with E-state index in [1.165, 1.54) is 0 Å². The van der Waals surface area contributed by atoms with Crippen LogP contribution >= 0.6 is 0 Å². The SMILES string of the molecule is CC(C)[C@@H](N)C(=O)O[C@H]1CC[C@@]2(C)C(CC[C@]3(C)C2C[C@@H](O)C2C([C@](C)(O)CCCC(C)(C)O)CC[C@]23C)C1(C)C. The Morgan fingerprint density at radius 1 is 0.927 bits per heavy atom. The standard InChI is InChI=1S/C35H63NO5/c1-21(2)28(36)29(38)41-26-14-17-32(7)24(31(26,5)6)13-19-33(8)25(32)20-23(37)27-22(12-18-34(27,33)9)35(10,40)16-11-15-30(3,4)39/h21-28,37,39-40H,11-20,36H2,1-10H3/t22?,23-,24?,25?,26+,27?,28-,32+,33-,34-,35-/m1/s1. The molecule has 4 saturated carbocycles. The van der Waals surface area contributed by atoms with Gasteiger partial charge in [0.1, 0.15) is 12.1 Å². The first-order chi connectivity index (χ1) is 18.6. The maximum Gasteiger partial charge on any atom is 0.323 e. The first-order valence-corrected chi connectivity index (χ1v) is 16.7. The van der Waals surface area contributed by atoms with Gasteiger partial charge in [-0.05, 0) is 131 Å². The van der Waals surface area contributed by atoms with Crippen molar-refractivity contribution in [3.05, 3.63) is 0 Å². The molecule has 4 rings (SSSR count). The molecule has 238 valence electrons. The second kappa shape index (κ2) is 10.7. The summed E-state index contributed by atoms with van der Waals surface area (Å²) in [6.45, 7) is 21.5. The van der Waals surface area contributed by atoms with Crippen molar-refractivity contribution >= 4 is 5.97 Å². The smallest absolute Gasteiger partial charge is 0.323 e. The van der Waals surface area contributed by atoms with E-state index in [2.05, 4.69) is 34.6 Å². The van der Waals surface area contributed by atoms with Crippen LogP contribution in [0.25, 0.3) is 0 Å². The maximum atomic E-state index is 12.9. The molecule has 11 atom stereocenters. The van der Waals surface area contributed by atoms with E-state index in [-0.39, 0.29) is 51.5 Å². The highest BCUT2D eigenvalue weighted by molar-refractivity contribution is 5.76. The summed E-state index contributed by atoms with van der Waals surface area (Å²) in [4.78, 5) is 12.9. The number of fused-ring (bicyclic) bond motifs is 5. The summed E-state index contributed by atoms with van der Waals surface area (Å²) in [5.74, 6) is 0.664. The predicted octanol–water partition coefficient (Wildman–Crippen LogP) is 6.23. The minimum Gasteiger partial charge on any atom is -0.461 e. The first kappa shape index (κ1) is 33.2. The van der Waals surface area contributed by atoms with E-state index in [1.807, 2.05) is 34.6 Å². The van der Waals surface area contributed by atoms with Gasteiger partial charge < -0.3 is 25.8 Å². The number of nitrogens with two attached hydrogens (primary N) is 1. The molecule has 0 radical (unpaired) electrons. The quantitative estimate of drug-likeness (QED) is 0.254. The average molecular weight is 578 g/mol. The molecule has 41 heavy (non-hydrogen) atoms. The Morgan fingerprint density at radius 2 is 1.54 bits per heavy atom. The molecule has 0 bridgehead atoms. The molecular weight excluding hydrogens is 514 g/mol. The van der Waals surface area contributed by atoms with Crippen molar-refractivity contribution < 1.29 is 24.9 Å². The lowest BCUT2D eigenvalue weighted by molar-refractivity contribution is -0.249. The normalized spacial score (nSPS) is 44.4. The third-order valence-electron chi connectivity index (χ3n) is 13.8. The Kier molecular flexibility index (Phi) is 8.69. The van der Waals surface area contributed by atoms with Crippen molar-refractivity contribution in [3.8, 4) is 0 Å². The lowest BCUT2D eigenvalue weighted by Crippen LogP contribution is -2.66. The molecular formula is C35H63NO5. The van der Waals surface area contributed by atoms with E-state index in [9.17, 15) is 20.1 Å². The van der Waals surface area contributed by atoms with Gasteiger partial charge in [-0.1, -0.05) is 48.5 Å². The van der Waals surface area contributed by atoms with Crippen molar-refractivity contribution in [2.45, 2.75) is 163 Å². The van der Waals surface area contributed by atoms with Crippen LogP contribution < -0.4 is 5.73 Å². The number of aliphatic hydroxyl groups excluding tert-OH is 1. The number of hydrogen-bond donors (Lipinski definition) is 4. The van der Waals surface area contributed by atoms with Crippen molar-refractivity contribution in [1.29, 1.82) is 0 Å². The molecule has 4 fully saturated rings. The van der Waals surface area contributed by atoms with Crippen LogP contribution in [0.1, 0.15) is 133 Å². The fourth-order valence-electron chi connectivity index (χ4n) is 11.2. The largest absolute Gasteiger partial charge is 0.461 e. The van der Waals surface area contributed by atoms with Gasteiger partial charge in [-0.15, -0.1) is 0 Å². The summed E-state index contributed by atoms with van der Waals surface area (Å²) >= 11 is 0. The predicted molar refractivity (Wildman–Crippen MR) is 164 cm³/mol. The van der Waals surface area contributed by atoms with Crippen molar-refractivity contribution in [2.75, 3.05) is 0 Å². The topological polar surface area (TPSA) is 113 Å². The molecule has 5 N–H and O–H groups in total. The molecule has 0 heterocycles. The van der Waals surface area contributed by atoms with Crippen LogP contribution in [-0.4, -0.2) is 50.7 Å². The van der Waals surface area contributed by atoms with Crippen molar-refractivity contribution in [3.63, 3.8) is 0 Å².